The molecule has 24 heavy (non-hydrogen) atoms. The average molecular weight is 450 g/mol. The van der Waals surface area contributed by atoms with Crippen molar-refractivity contribution in [2.45, 2.75) is 0 Å². The number of benzene rings is 3. The Bertz CT molecular complexity index is 321. The van der Waals surface area contributed by atoms with E-state index in [1.54, 1.807) is 0 Å². The normalized spacial score (nSPS) is 6.25. The Hall–Kier alpha value is -1.12. The molecule has 0 saturated carbocycles. The summed E-state index contributed by atoms with van der Waals surface area (Å²) in [5, 5.41) is 0. The monoisotopic (exact) mass is 450 g/mol. The molecule has 3 aromatic carbocycles. The van der Waals surface area contributed by atoms with Crippen molar-refractivity contribution in [3.63, 3.8) is 0 Å². The van der Waals surface area contributed by atoms with Crippen molar-refractivity contribution >= 4 is 19.6 Å². The fraction of sp³-hybridized carbons (Fsp3) is 0. The molecule has 0 saturated heterocycles. The summed E-state index contributed by atoms with van der Waals surface area (Å²) in [6.07, 6.45) is 0. The Morgan fingerprint density at radius 1 is 0.417 bits per heavy atom. The third kappa shape index (κ3) is 29.0. The zero-order valence-corrected chi connectivity index (χ0v) is 17.2. The second kappa shape index (κ2) is 33.5. The van der Waals surface area contributed by atoms with Crippen molar-refractivity contribution in [3.8, 4) is 0 Å². The summed E-state index contributed by atoms with van der Waals surface area (Å²) < 4.78 is 0. The van der Waals surface area contributed by atoms with Crippen LogP contribution in [0, 0.1) is 18.2 Å². The Morgan fingerprint density at radius 3 is 0.625 bits per heavy atom. The molecule has 6 N–H and O–H groups in total. The van der Waals surface area contributed by atoms with Crippen LogP contribution in [0.25, 0.3) is 18.5 Å². The number of halogens is 1. The molecule has 1 atom stereocenters. The van der Waals surface area contributed by atoms with Crippen LogP contribution in [0.1, 0.15) is 0 Å². The van der Waals surface area contributed by atoms with Crippen molar-refractivity contribution in [3.05, 3.63) is 128 Å². The fourth-order valence-electron chi connectivity index (χ4n) is 1.03. The van der Waals surface area contributed by atoms with E-state index >= 15 is 0 Å². The SMILES string of the molecule is P.[Cl][Ru].[NH2-].[NH2-].[NH2-].[c-]1ccccc1.[c-]1ccccc1.[c-]1ccccc1. The van der Waals surface area contributed by atoms with E-state index in [4.69, 9.17) is 0 Å². The van der Waals surface area contributed by atoms with Gasteiger partial charge >= 0.3 is 27.0 Å². The van der Waals surface area contributed by atoms with E-state index in [0.29, 0.717) is 0 Å². The second-order valence-corrected chi connectivity index (χ2v) is 3.23. The van der Waals surface area contributed by atoms with Gasteiger partial charge in [0.15, 0.2) is 0 Å². The predicted molar refractivity (Wildman–Crippen MR) is 109 cm³/mol. The topological polar surface area (TPSA) is 100 Å². The summed E-state index contributed by atoms with van der Waals surface area (Å²) in [6.45, 7) is 0. The minimum atomic E-state index is 0. The van der Waals surface area contributed by atoms with Gasteiger partial charge in [0.05, 0.1) is 0 Å². The van der Waals surface area contributed by atoms with Crippen LogP contribution in [0.15, 0.2) is 91.0 Å². The van der Waals surface area contributed by atoms with E-state index in [1.165, 1.54) is 0 Å². The largest absolute Gasteiger partial charge is 0.693 e. The molecular weight excluding hydrogens is 426 g/mol. The molecule has 137 valence electrons. The third-order valence-corrected chi connectivity index (χ3v) is 1.82. The van der Waals surface area contributed by atoms with Gasteiger partial charge < -0.3 is 18.5 Å². The molecule has 0 aromatic heterocycles. The number of nitrogens with two attached hydrogens (primary N) is 3. The van der Waals surface area contributed by atoms with E-state index in [-0.39, 0.29) is 28.4 Å². The molecule has 3 aromatic rings. The first-order valence-corrected chi connectivity index (χ1v) is 8.10. The maximum absolute atomic E-state index is 4.57. The summed E-state index contributed by atoms with van der Waals surface area (Å²) >= 11 is 1.82. The first-order chi connectivity index (χ1) is 10.0. The van der Waals surface area contributed by atoms with Gasteiger partial charge in [-0.3, -0.25) is 0 Å². The number of hydrogen-bond acceptors (Lipinski definition) is 0. The zero-order chi connectivity index (χ0) is 14.7. The number of rotatable bonds is 0. The number of hydrogen-bond donors (Lipinski definition) is 0. The van der Waals surface area contributed by atoms with E-state index in [9.17, 15) is 0 Å². The van der Waals surface area contributed by atoms with E-state index in [0.717, 1.165) is 0 Å². The van der Waals surface area contributed by atoms with Crippen molar-refractivity contribution in [2.24, 2.45) is 0 Å². The molecule has 0 aliphatic heterocycles. The molecule has 1 unspecified atom stereocenters. The molecule has 0 radical (unpaired) electrons. The van der Waals surface area contributed by atoms with Crippen molar-refractivity contribution in [1.29, 1.82) is 0 Å². The van der Waals surface area contributed by atoms with Crippen molar-refractivity contribution < 1.29 is 17.3 Å². The van der Waals surface area contributed by atoms with E-state index in [2.05, 4.69) is 27.9 Å². The van der Waals surface area contributed by atoms with Crippen LogP contribution < -0.4 is 0 Å². The van der Waals surface area contributed by atoms with Crippen LogP contribution in [-0.4, -0.2) is 0 Å². The van der Waals surface area contributed by atoms with Crippen LogP contribution in [0.2, 0.25) is 0 Å². The Morgan fingerprint density at radius 2 is 0.583 bits per heavy atom. The molecule has 3 rings (SSSR count). The Kier molecular flexibility index (Phi) is 47.8. The van der Waals surface area contributed by atoms with E-state index in [1.807, 2.05) is 108 Å². The molecular formula is C18H24ClN3PRu-6. The van der Waals surface area contributed by atoms with Gasteiger partial charge in [0.25, 0.3) is 0 Å². The first kappa shape index (κ1) is 34.3. The predicted octanol–water partition coefficient (Wildman–Crippen LogP) is 7.36. The summed E-state index contributed by atoms with van der Waals surface area (Å²) in [4.78, 5) is 0. The van der Waals surface area contributed by atoms with Crippen LogP contribution in [0.4, 0.5) is 0 Å². The second-order valence-electron chi connectivity index (χ2n) is 3.23. The summed E-state index contributed by atoms with van der Waals surface area (Å²) in [6, 6.07) is 37.5. The summed E-state index contributed by atoms with van der Waals surface area (Å²) in [5.74, 6) is 0. The summed E-state index contributed by atoms with van der Waals surface area (Å²) in [7, 11) is 4.57. The van der Waals surface area contributed by atoms with Crippen LogP contribution in [-0.2, 0) is 17.3 Å². The Labute approximate surface area is 164 Å². The molecule has 0 fully saturated rings. The third-order valence-electron chi connectivity index (χ3n) is 1.82. The van der Waals surface area contributed by atoms with Gasteiger partial charge in [0.1, 0.15) is 0 Å². The van der Waals surface area contributed by atoms with E-state index < -0.39 is 0 Å². The molecule has 0 aliphatic rings. The van der Waals surface area contributed by atoms with Crippen LogP contribution >= 0.6 is 19.6 Å². The van der Waals surface area contributed by atoms with Gasteiger partial charge in [0, 0.05) is 0 Å². The molecule has 0 amide bonds. The summed E-state index contributed by atoms with van der Waals surface area (Å²) in [5.41, 5.74) is 0. The molecule has 0 spiro atoms. The molecule has 3 nitrogen and oxygen atoms in total. The minimum absolute atomic E-state index is 0. The Balaban J connectivity index is -0.0000000662. The molecule has 6 heteroatoms. The molecule has 0 heterocycles. The van der Waals surface area contributed by atoms with Gasteiger partial charge in [0.2, 0.25) is 0 Å². The van der Waals surface area contributed by atoms with Gasteiger partial charge in [-0.1, -0.05) is 0 Å². The van der Waals surface area contributed by atoms with Gasteiger partial charge in [-0.25, -0.2) is 0 Å². The fourth-order valence-corrected chi connectivity index (χ4v) is 1.03. The quantitative estimate of drug-likeness (QED) is 0.194. The van der Waals surface area contributed by atoms with Crippen molar-refractivity contribution in [1.82, 2.24) is 0 Å². The first-order valence-electron chi connectivity index (χ1n) is 5.87. The van der Waals surface area contributed by atoms with Crippen LogP contribution in [0.3, 0.4) is 0 Å². The standard InChI is InChI=1S/3C6H5.ClH.3H2N.H3P.Ru/c3*1-2-4-6-5-3-1;;;;;;/h3*1-5H;1H;3*1H2;1H3;/q3*-1;;3*-1;;+1/p-1. The maximum Gasteiger partial charge on any atom is -0.171 e. The molecule has 0 bridgehead atoms. The van der Waals surface area contributed by atoms with Crippen LogP contribution in [0.5, 0.6) is 0 Å². The minimum Gasteiger partial charge on any atom is -0.693 e. The van der Waals surface area contributed by atoms with Crippen molar-refractivity contribution in [2.75, 3.05) is 0 Å². The zero-order valence-electron chi connectivity index (χ0n) is 13.3. The van der Waals surface area contributed by atoms with Gasteiger partial charge in [-0.2, -0.15) is 119 Å². The van der Waals surface area contributed by atoms with Gasteiger partial charge in [-0.05, 0) is 0 Å². The smallest absolute Gasteiger partial charge is 0.171 e. The average Bonchev–Trinajstić information content (AvgIpc) is 2.62. The molecule has 0 aliphatic carbocycles. The maximum atomic E-state index is 4.57. The van der Waals surface area contributed by atoms with Gasteiger partial charge in [-0.15, -0.1) is 0 Å².